The van der Waals surface area contributed by atoms with Gasteiger partial charge >= 0.3 is 5.97 Å². The number of ether oxygens (including phenoxy) is 2. The van der Waals surface area contributed by atoms with Gasteiger partial charge in [0.1, 0.15) is 0 Å². The van der Waals surface area contributed by atoms with E-state index in [0.29, 0.717) is 17.1 Å². The molecule has 0 unspecified atom stereocenters. The van der Waals surface area contributed by atoms with Crippen molar-refractivity contribution in [3.8, 4) is 11.5 Å². The summed E-state index contributed by atoms with van der Waals surface area (Å²) in [4.78, 5) is 10.7. The number of hydrogen-bond acceptors (Lipinski definition) is 3. The molecule has 0 bridgehead atoms. The first-order valence-electron chi connectivity index (χ1n) is 4.15. The van der Waals surface area contributed by atoms with Gasteiger partial charge in [0.25, 0.3) is 0 Å². The highest BCUT2D eigenvalue weighted by molar-refractivity contribution is 6.26. The predicted molar refractivity (Wildman–Crippen MR) is 48.1 cm³/mol. The lowest BCUT2D eigenvalue weighted by molar-refractivity contribution is -0.130. The minimum absolute atomic E-state index is 0.209. The second-order valence-corrected chi connectivity index (χ2v) is 3.16. The average molecular weight is 190 g/mol. The second kappa shape index (κ2) is 2.29. The Morgan fingerprint density at radius 2 is 2.00 bits per heavy atom. The number of carboxylic acid groups (broad SMARTS) is 1. The fourth-order valence-electron chi connectivity index (χ4n) is 1.64. The van der Waals surface area contributed by atoms with Gasteiger partial charge in [0, 0.05) is 5.56 Å². The van der Waals surface area contributed by atoms with E-state index in [1.165, 1.54) is 0 Å². The van der Waals surface area contributed by atoms with Gasteiger partial charge in [-0.2, -0.15) is 0 Å². The maximum atomic E-state index is 10.7. The molecule has 0 aromatic heterocycles. The van der Waals surface area contributed by atoms with Crippen LogP contribution in [0.5, 0.6) is 11.5 Å². The van der Waals surface area contributed by atoms with E-state index in [4.69, 9.17) is 14.6 Å². The topological polar surface area (TPSA) is 55.8 Å². The fraction of sp³-hybridized carbons (Fsp3) is 0.100. The van der Waals surface area contributed by atoms with Crippen molar-refractivity contribution >= 4 is 17.6 Å². The molecule has 0 fully saturated rings. The Kier molecular flexibility index (Phi) is 1.21. The molecule has 1 aliphatic heterocycles. The van der Waals surface area contributed by atoms with Gasteiger partial charge in [-0.1, -0.05) is 0 Å². The molecule has 1 aromatic rings. The highest BCUT2D eigenvalue weighted by atomic mass is 16.7. The third-order valence-corrected chi connectivity index (χ3v) is 2.37. The molecule has 0 spiro atoms. The van der Waals surface area contributed by atoms with Gasteiger partial charge in [-0.05, 0) is 23.8 Å². The average Bonchev–Trinajstić information content (AvgIpc) is 2.54. The van der Waals surface area contributed by atoms with E-state index in [2.05, 4.69) is 0 Å². The van der Waals surface area contributed by atoms with E-state index in [9.17, 15) is 4.79 Å². The van der Waals surface area contributed by atoms with Crippen LogP contribution in [0, 0.1) is 0 Å². The van der Waals surface area contributed by atoms with Crippen molar-refractivity contribution in [3.63, 3.8) is 0 Å². The normalized spacial score (nSPS) is 15.6. The van der Waals surface area contributed by atoms with E-state index >= 15 is 0 Å². The van der Waals surface area contributed by atoms with Crippen molar-refractivity contribution in [2.75, 3.05) is 6.79 Å². The van der Waals surface area contributed by atoms with Gasteiger partial charge in [-0.3, -0.25) is 0 Å². The summed E-state index contributed by atoms with van der Waals surface area (Å²) in [5.74, 6) is 0.399. The fourth-order valence-corrected chi connectivity index (χ4v) is 1.64. The SMILES string of the molecule is O=C(O)C1=Cc2cc3c(cc21)OCO3. The zero-order valence-electron chi connectivity index (χ0n) is 7.11. The van der Waals surface area contributed by atoms with Gasteiger partial charge in [0.05, 0.1) is 5.57 Å². The zero-order chi connectivity index (χ0) is 9.71. The Balaban J connectivity index is 2.10. The smallest absolute Gasteiger partial charge is 0.336 e. The van der Waals surface area contributed by atoms with Crippen LogP contribution in [0.15, 0.2) is 12.1 Å². The van der Waals surface area contributed by atoms with Crippen LogP contribution < -0.4 is 9.47 Å². The van der Waals surface area contributed by atoms with Crippen LogP contribution in [-0.2, 0) is 4.79 Å². The van der Waals surface area contributed by atoms with Crippen molar-refractivity contribution in [2.45, 2.75) is 0 Å². The van der Waals surface area contributed by atoms with Crippen LogP contribution in [0.2, 0.25) is 0 Å². The summed E-state index contributed by atoms with van der Waals surface area (Å²) in [7, 11) is 0. The lowest BCUT2D eigenvalue weighted by Gasteiger charge is -2.16. The van der Waals surface area contributed by atoms with E-state index < -0.39 is 5.97 Å². The Labute approximate surface area is 79.4 Å². The third-order valence-electron chi connectivity index (χ3n) is 2.37. The molecule has 3 rings (SSSR count). The number of carboxylic acids is 1. The zero-order valence-corrected chi connectivity index (χ0v) is 7.11. The summed E-state index contributed by atoms with van der Waals surface area (Å²) in [6.45, 7) is 0.209. The molecule has 1 aliphatic carbocycles. The Morgan fingerprint density at radius 3 is 2.71 bits per heavy atom. The van der Waals surface area contributed by atoms with Gasteiger partial charge in [-0.25, -0.2) is 4.79 Å². The van der Waals surface area contributed by atoms with Gasteiger partial charge in [0.2, 0.25) is 6.79 Å². The van der Waals surface area contributed by atoms with E-state index in [-0.39, 0.29) is 6.79 Å². The largest absolute Gasteiger partial charge is 0.478 e. The molecule has 4 heteroatoms. The maximum Gasteiger partial charge on any atom is 0.336 e. The first-order chi connectivity index (χ1) is 6.75. The number of fused-ring (bicyclic) bond motifs is 2. The van der Waals surface area contributed by atoms with Crippen LogP contribution in [0.3, 0.4) is 0 Å². The number of carbonyl (C=O) groups is 1. The lowest BCUT2D eigenvalue weighted by Crippen LogP contribution is -2.07. The van der Waals surface area contributed by atoms with Crippen LogP contribution in [-0.4, -0.2) is 17.9 Å². The van der Waals surface area contributed by atoms with Crippen molar-refractivity contribution in [3.05, 3.63) is 23.3 Å². The van der Waals surface area contributed by atoms with Crippen molar-refractivity contribution in [1.29, 1.82) is 0 Å². The van der Waals surface area contributed by atoms with Gasteiger partial charge in [0.15, 0.2) is 11.5 Å². The third kappa shape index (κ3) is 0.797. The van der Waals surface area contributed by atoms with Crippen molar-refractivity contribution < 1.29 is 19.4 Å². The first kappa shape index (κ1) is 7.44. The summed E-state index contributed by atoms with van der Waals surface area (Å²) >= 11 is 0. The van der Waals surface area contributed by atoms with Crippen LogP contribution >= 0.6 is 0 Å². The van der Waals surface area contributed by atoms with Gasteiger partial charge in [-0.15, -0.1) is 0 Å². The number of hydrogen-bond donors (Lipinski definition) is 1. The minimum atomic E-state index is -0.906. The Hall–Kier alpha value is -1.97. The summed E-state index contributed by atoms with van der Waals surface area (Å²) in [5, 5.41) is 8.79. The first-order valence-corrected chi connectivity index (χ1v) is 4.15. The van der Waals surface area contributed by atoms with E-state index in [1.807, 2.05) is 0 Å². The molecule has 0 saturated heterocycles. The standard InChI is InChI=1S/C10H6O4/c11-10(12)7-1-5-2-8-9(3-6(5)7)14-4-13-8/h1-3H,4H2,(H,11,12). The molecule has 0 atom stereocenters. The van der Waals surface area contributed by atoms with E-state index in [1.54, 1.807) is 18.2 Å². The molecule has 70 valence electrons. The van der Waals surface area contributed by atoms with Crippen LogP contribution in [0.25, 0.3) is 11.6 Å². The van der Waals surface area contributed by atoms with Crippen molar-refractivity contribution in [2.24, 2.45) is 0 Å². The summed E-state index contributed by atoms with van der Waals surface area (Å²) in [5.41, 5.74) is 1.95. The molecule has 4 nitrogen and oxygen atoms in total. The predicted octanol–water partition coefficient (Wildman–Crippen LogP) is 1.35. The number of benzene rings is 1. The second-order valence-electron chi connectivity index (χ2n) is 3.16. The monoisotopic (exact) mass is 190 g/mol. The number of aliphatic carboxylic acids is 1. The van der Waals surface area contributed by atoms with E-state index in [0.717, 1.165) is 11.1 Å². The summed E-state index contributed by atoms with van der Waals surface area (Å²) in [6, 6.07) is 3.51. The number of rotatable bonds is 1. The quantitative estimate of drug-likeness (QED) is 0.726. The highest BCUT2D eigenvalue weighted by Gasteiger charge is 2.26. The summed E-state index contributed by atoms with van der Waals surface area (Å²) in [6.07, 6.45) is 1.62. The Morgan fingerprint density at radius 1 is 1.29 bits per heavy atom. The minimum Gasteiger partial charge on any atom is -0.478 e. The van der Waals surface area contributed by atoms with Crippen LogP contribution in [0.4, 0.5) is 0 Å². The highest BCUT2D eigenvalue weighted by Crippen LogP contribution is 2.42. The lowest BCUT2D eigenvalue weighted by atomic mass is 9.88. The Bertz CT molecular complexity index is 473. The molecule has 1 aromatic carbocycles. The van der Waals surface area contributed by atoms with Crippen LogP contribution in [0.1, 0.15) is 11.1 Å². The molecular formula is C10H6O4. The molecule has 14 heavy (non-hydrogen) atoms. The molecule has 0 saturated carbocycles. The summed E-state index contributed by atoms with van der Waals surface area (Å²) < 4.78 is 10.3. The maximum absolute atomic E-state index is 10.7. The van der Waals surface area contributed by atoms with Crippen molar-refractivity contribution in [1.82, 2.24) is 0 Å². The molecule has 0 radical (unpaired) electrons. The molecule has 2 aliphatic rings. The molecule has 1 heterocycles. The molecular weight excluding hydrogens is 184 g/mol. The van der Waals surface area contributed by atoms with Gasteiger partial charge < -0.3 is 14.6 Å². The molecule has 0 amide bonds. The molecule has 1 N–H and O–H groups in total.